The normalized spacial score (nSPS) is 15.8. The fraction of sp³-hybridized carbons (Fsp3) is 0.650. The summed E-state index contributed by atoms with van der Waals surface area (Å²) in [6.45, 7) is 4.04. The molecule has 0 radical (unpaired) electrons. The Balaban J connectivity index is 1.95. The molecule has 134 valence electrons. The minimum Gasteiger partial charge on any atom is -0.493 e. The van der Waals surface area contributed by atoms with E-state index in [-0.39, 0.29) is 5.91 Å². The van der Waals surface area contributed by atoms with E-state index in [1.807, 2.05) is 32.0 Å². The molecule has 1 saturated carbocycles. The molecule has 0 unspecified atom stereocenters. The number of ether oxygens (including phenoxy) is 2. The van der Waals surface area contributed by atoms with Crippen LogP contribution >= 0.6 is 0 Å². The Kier molecular flexibility index (Phi) is 6.52. The largest absolute Gasteiger partial charge is 0.493 e. The highest BCUT2D eigenvalue weighted by atomic mass is 16.5. The first-order valence-corrected chi connectivity index (χ1v) is 9.00. The van der Waals surface area contributed by atoms with Crippen molar-refractivity contribution in [3.63, 3.8) is 0 Å². The number of rotatable bonds is 7. The molecule has 1 aliphatic carbocycles. The van der Waals surface area contributed by atoms with Gasteiger partial charge >= 0.3 is 0 Å². The molecule has 1 amide bonds. The van der Waals surface area contributed by atoms with Crippen LogP contribution in [0.3, 0.4) is 0 Å². The van der Waals surface area contributed by atoms with E-state index in [1.165, 1.54) is 32.1 Å². The molecule has 2 rings (SSSR count). The lowest BCUT2D eigenvalue weighted by atomic mass is 9.86. The van der Waals surface area contributed by atoms with E-state index in [4.69, 9.17) is 9.47 Å². The average Bonchev–Trinajstić information content (AvgIpc) is 2.59. The molecule has 1 N–H and O–H groups in total. The van der Waals surface area contributed by atoms with Gasteiger partial charge in [0.05, 0.1) is 19.8 Å². The fourth-order valence-corrected chi connectivity index (χ4v) is 3.52. The van der Waals surface area contributed by atoms with Crippen molar-refractivity contribution in [2.75, 3.05) is 14.2 Å². The Morgan fingerprint density at radius 3 is 2.42 bits per heavy atom. The summed E-state index contributed by atoms with van der Waals surface area (Å²) in [5, 5.41) is 3.17. The first-order chi connectivity index (χ1) is 11.5. The van der Waals surface area contributed by atoms with E-state index >= 15 is 0 Å². The van der Waals surface area contributed by atoms with Gasteiger partial charge in [-0.1, -0.05) is 38.2 Å². The molecule has 1 aliphatic rings. The van der Waals surface area contributed by atoms with Crippen LogP contribution in [-0.4, -0.2) is 20.1 Å². The summed E-state index contributed by atoms with van der Waals surface area (Å²) in [6.07, 6.45) is 8.19. The van der Waals surface area contributed by atoms with Crippen molar-refractivity contribution in [3.05, 3.63) is 23.8 Å². The number of hydrogen-bond acceptors (Lipinski definition) is 3. The monoisotopic (exact) mass is 333 g/mol. The van der Waals surface area contributed by atoms with Crippen molar-refractivity contribution in [3.8, 4) is 11.5 Å². The lowest BCUT2D eigenvalue weighted by Crippen LogP contribution is -2.41. The third-order valence-electron chi connectivity index (χ3n) is 5.06. The molecule has 0 spiro atoms. The van der Waals surface area contributed by atoms with Crippen LogP contribution in [0.5, 0.6) is 11.5 Å². The Hall–Kier alpha value is -1.71. The number of benzene rings is 1. The highest BCUT2D eigenvalue weighted by molar-refractivity contribution is 5.77. The Labute approximate surface area is 145 Å². The molecule has 0 saturated heterocycles. The zero-order chi connectivity index (χ0) is 17.6. The molecule has 4 nitrogen and oxygen atoms in total. The van der Waals surface area contributed by atoms with Gasteiger partial charge in [-0.3, -0.25) is 4.79 Å². The van der Waals surface area contributed by atoms with E-state index in [9.17, 15) is 4.79 Å². The Bertz CT molecular complexity index is 548. The molecule has 1 aromatic rings. The second kappa shape index (κ2) is 8.41. The predicted molar refractivity (Wildman–Crippen MR) is 96.5 cm³/mol. The summed E-state index contributed by atoms with van der Waals surface area (Å²) in [5.41, 5.74) is 0.564. The SMILES string of the molecule is COc1ccc(C(C)(C)NC(=O)CCC2CCCCC2)cc1OC. The highest BCUT2D eigenvalue weighted by Gasteiger charge is 2.25. The van der Waals surface area contributed by atoms with Crippen LogP contribution in [-0.2, 0) is 10.3 Å². The van der Waals surface area contributed by atoms with Crippen LogP contribution in [0.2, 0.25) is 0 Å². The van der Waals surface area contributed by atoms with Crippen molar-refractivity contribution in [2.45, 2.75) is 64.3 Å². The molecule has 0 bridgehead atoms. The van der Waals surface area contributed by atoms with Crippen molar-refractivity contribution in [2.24, 2.45) is 5.92 Å². The van der Waals surface area contributed by atoms with E-state index < -0.39 is 5.54 Å². The number of carbonyl (C=O) groups is 1. The second-order valence-corrected chi connectivity index (χ2v) is 7.29. The van der Waals surface area contributed by atoms with Gasteiger partial charge in [0.1, 0.15) is 0 Å². The quantitative estimate of drug-likeness (QED) is 0.804. The molecule has 1 aromatic carbocycles. The van der Waals surface area contributed by atoms with Crippen LogP contribution in [0.25, 0.3) is 0 Å². The summed E-state index contributed by atoms with van der Waals surface area (Å²) >= 11 is 0. The van der Waals surface area contributed by atoms with E-state index in [0.717, 1.165) is 17.9 Å². The molecular weight excluding hydrogens is 302 g/mol. The van der Waals surface area contributed by atoms with Gasteiger partial charge in [0, 0.05) is 6.42 Å². The summed E-state index contributed by atoms with van der Waals surface area (Å²) in [4.78, 5) is 12.4. The van der Waals surface area contributed by atoms with Crippen LogP contribution in [0, 0.1) is 5.92 Å². The van der Waals surface area contributed by atoms with Gasteiger partial charge in [0.15, 0.2) is 11.5 Å². The van der Waals surface area contributed by atoms with E-state index in [0.29, 0.717) is 17.9 Å². The lowest BCUT2D eigenvalue weighted by Gasteiger charge is -2.28. The maximum Gasteiger partial charge on any atom is 0.220 e. The molecule has 24 heavy (non-hydrogen) atoms. The van der Waals surface area contributed by atoms with Crippen LogP contribution in [0.4, 0.5) is 0 Å². The third kappa shape index (κ3) is 4.89. The number of amides is 1. The number of carbonyl (C=O) groups excluding carboxylic acids is 1. The zero-order valence-corrected chi connectivity index (χ0v) is 15.5. The molecular formula is C20H31NO3. The van der Waals surface area contributed by atoms with Crippen LogP contribution in [0.1, 0.15) is 64.4 Å². The van der Waals surface area contributed by atoms with Gasteiger partial charge in [-0.15, -0.1) is 0 Å². The smallest absolute Gasteiger partial charge is 0.220 e. The average molecular weight is 333 g/mol. The lowest BCUT2D eigenvalue weighted by molar-refractivity contribution is -0.123. The summed E-state index contributed by atoms with van der Waals surface area (Å²) in [6, 6.07) is 5.78. The van der Waals surface area contributed by atoms with Crippen LogP contribution < -0.4 is 14.8 Å². The summed E-state index contributed by atoms with van der Waals surface area (Å²) in [5.74, 6) is 2.23. The molecule has 4 heteroatoms. The summed E-state index contributed by atoms with van der Waals surface area (Å²) in [7, 11) is 3.24. The van der Waals surface area contributed by atoms with Gasteiger partial charge in [-0.2, -0.15) is 0 Å². The maximum atomic E-state index is 12.4. The molecule has 0 aromatic heterocycles. The number of nitrogens with one attached hydrogen (secondary N) is 1. The van der Waals surface area contributed by atoms with Gasteiger partial charge in [-0.25, -0.2) is 0 Å². The molecule has 0 atom stereocenters. The fourth-order valence-electron chi connectivity index (χ4n) is 3.52. The zero-order valence-electron chi connectivity index (χ0n) is 15.5. The molecule has 1 fully saturated rings. The Morgan fingerprint density at radius 2 is 1.79 bits per heavy atom. The summed E-state index contributed by atoms with van der Waals surface area (Å²) < 4.78 is 10.6. The predicted octanol–water partition coefficient (Wildman–Crippen LogP) is 4.42. The Morgan fingerprint density at radius 1 is 1.12 bits per heavy atom. The molecule has 0 aliphatic heterocycles. The standard InChI is InChI=1S/C20H31NO3/c1-20(2,16-11-12-17(23-3)18(14-16)24-4)21-19(22)13-10-15-8-6-5-7-9-15/h11-12,14-15H,5-10,13H2,1-4H3,(H,21,22). The van der Waals surface area contributed by atoms with Gasteiger partial charge < -0.3 is 14.8 Å². The van der Waals surface area contributed by atoms with E-state index in [1.54, 1.807) is 14.2 Å². The minimum absolute atomic E-state index is 0.125. The third-order valence-corrected chi connectivity index (χ3v) is 5.06. The highest BCUT2D eigenvalue weighted by Crippen LogP contribution is 2.32. The first-order valence-electron chi connectivity index (χ1n) is 9.00. The van der Waals surface area contributed by atoms with E-state index in [2.05, 4.69) is 5.32 Å². The number of methoxy groups -OCH3 is 2. The van der Waals surface area contributed by atoms with Gasteiger partial charge in [-0.05, 0) is 43.9 Å². The van der Waals surface area contributed by atoms with Crippen LogP contribution in [0.15, 0.2) is 18.2 Å². The maximum absolute atomic E-state index is 12.4. The topological polar surface area (TPSA) is 47.6 Å². The van der Waals surface area contributed by atoms with Gasteiger partial charge in [0.25, 0.3) is 0 Å². The van der Waals surface area contributed by atoms with Gasteiger partial charge in [0.2, 0.25) is 5.91 Å². The van der Waals surface area contributed by atoms with Crippen molar-refractivity contribution < 1.29 is 14.3 Å². The number of hydrogen-bond donors (Lipinski definition) is 1. The minimum atomic E-state index is -0.441. The van der Waals surface area contributed by atoms with Crippen molar-refractivity contribution in [1.29, 1.82) is 0 Å². The van der Waals surface area contributed by atoms with Crippen molar-refractivity contribution >= 4 is 5.91 Å². The molecule has 0 heterocycles. The first kappa shape index (κ1) is 18.6. The van der Waals surface area contributed by atoms with Crippen molar-refractivity contribution in [1.82, 2.24) is 5.32 Å². The second-order valence-electron chi connectivity index (χ2n) is 7.29.